The average molecular weight is 490 g/mol. The Kier molecular flexibility index (Phi) is 10.1. The highest BCUT2D eigenvalue weighted by molar-refractivity contribution is 7.91. The summed E-state index contributed by atoms with van der Waals surface area (Å²) in [5, 5.41) is 4.99. The Morgan fingerprint density at radius 2 is 1.50 bits per heavy atom. The molecule has 0 aromatic heterocycles. The molecule has 0 fully saturated rings. The second-order valence-corrected chi connectivity index (χ2v) is 10.4. The van der Waals surface area contributed by atoms with Gasteiger partial charge >= 0.3 is 6.09 Å². The SMILES string of the molecule is CC(C)C[C@H](NC(=O)OCc1ccccc1)C(=O)N[C@H](CCS(=O)(=O)c1ccccc1)C(N)=O. The third-order valence-corrected chi connectivity index (χ3v) is 6.73. The van der Waals surface area contributed by atoms with Gasteiger partial charge in [0.15, 0.2) is 9.84 Å². The van der Waals surface area contributed by atoms with E-state index in [1.165, 1.54) is 12.1 Å². The fourth-order valence-electron chi connectivity index (χ4n) is 3.19. The molecule has 4 N–H and O–H groups in total. The molecule has 10 heteroatoms. The smallest absolute Gasteiger partial charge is 0.408 e. The molecular formula is C24H31N3O6S. The van der Waals surface area contributed by atoms with E-state index in [9.17, 15) is 22.8 Å². The zero-order valence-electron chi connectivity index (χ0n) is 19.3. The Hall–Kier alpha value is -3.40. The lowest BCUT2D eigenvalue weighted by Crippen LogP contribution is -2.53. The normalized spacial score (nSPS) is 13.0. The highest BCUT2D eigenvalue weighted by Gasteiger charge is 2.28. The first-order valence-electron chi connectivity index (χ1n) is 10.9. The quantitative estimate of drug-likeness (QED) is 0.417. The van der Waals surface area contributed by atoms with Crippen molar-refractivity contribution in [1.82, 2.24) is 10.6 Å². The first-order valence-corrected chi connectivity index (χ1v) is 12.6. The van der Waals surface area contributed by atoms with E-state index in [0.29, 0.717) is 0 Å². The summed E-state index contributed by atoms with van der Waals surface area (Å²) in [6, 6.07) is 14.6. The number of benzene rings is 2. The molecule has 2 aromatic carbocycles. The second kappa shape index (κ2) is 12.7. The minimum absolute atomic E-state index is 0.0317. The monoisotopic (exact) mass is 489 g/mol. The second-order valence-electron chi connectivity index (χ2n) is 8.27. The summed E-state index contributed by atoms with van der Waals surface area (Å²) in [5.41, 5.74) is 6.20. The number of carbonyl (C=O) groups is 3. The molecule has 184 valence electrons. The first-order chi connectivity index (χ1) is 16.1. The van der Waals surface area contributed by atoms with E-state index >= 15 is 0 Å². The zero-order valence-corrected chi connectivity index (χ0v) is 20.1. The van der Waals surface area contributed by atoms with Gasteiger partial charge in [-0.3, -0.25) is 9.59 Å². The summed E-state index contributed by atoms with van der Waals surface area (Å²) < 4.78 is 30.2. The molecule has 0 spiro atoms. The number of rotatable bonds is 12. The minimum atomic E-state index is -3.67. The maximum atomic E-state index is 12.9. The average Bonchev–Trinajstić information content (AvgIpc) is 2.80. The number of alkyl carbamates (subject to hydrolysis) is 1. The molecule has 3 amide bonds. The molecule has 0 aliphatic carbocycles. The van der Waals surface area contributed by atoms with Crippen LogP contribution in [0, 0.1) is 5.92 Å². The number of nitrogens with two attached hydrogens (primary N) is 1. The van der Waals surface area contributed by atoms with E-state index in [1.54, 1.807) is 30.3 Å². The molecule has 2 aromatic rings. The molecule has 34 heavy (non-hydrogen) atoms. The van der Waals surface area contributed by atoms with Gasteiger partial charge in [-0.15, -0.1) is 0 Å². The standard InChI is InChI=1S/C24H31N3O6S/c1-17(2)15-21(27-24(30)33-16-18-9-5-3-6-10-18)23(29)26-20(22(25)28)13-14-34(31,32)19-11-7-4-8-12-19/h3-12,17,20-21H,13-16H2,1-2H3,(H2,25,28)(H,26,29)(H,27,30)/t20-,21+/m1/s1. The number of primary amides is 1. The molecule has 0 unspecified atom stereocenters. The van der Waals surface area contributed by atoms with E-state index in [2.05, 4.69) is 10.6 Å². The summed E-state index contributed by atoms with van der Waals surface area (Å²) in [5.74, 6) is -1.86. The topological polar surface area (TPSA) is 145 Å². The lowest BCUT2D eigenvalue weighted by molar-refractivity contribution is -0.128. The molecule has 0 aliphatic heterocycles. The van der Waals surface area contributed by atoms with Crippen LogP contribution in [0.15, 0.2) is 65.6 Å². The van der Waals surface area contributed by atoms with Crippen molar-refractivity contribution in [2.24, 2.45) is 11.7 Å². The van der Waals surface area contributed by atoms with Crippen molar-refractivity contribution in [3.05, 3.63) is 66.2 Å². The predicted molar refractivity (Wildman–Crippen MR) is 127 cm³/mol. The van der Waals surface area contributed by atoms with Crippen LogP contribution < -0.4 is 16.4 Å². The number of sulfone groups is 1. The molecule has 0 radical (unpaired) electrons. The van der Waals surface area contributed by atoms with Crippen molar-refractivity contribution in [3.8, 4) is 0 Å². The van der Waals surface area contributed by atoms with E-state index in [4.69, 9.17) is 10.5 Å². The highest BCUT2D eigenvalue weighted by Crippen LogP contribution is 2.13. The molecule has 0 heterocycles. The maximum absolute atomic E-state index is 12.9. The largest absolute Gasteiger partial charge is 0.445 e. The van der Waals surface area contributed by atoms with Gasteiger partial charge in [0, 0.05) is 0 Å². The zero-order chi connectivity index (χ0) is 25.1. The van der Waals surface area contributed by atoms with Gasteiger partial charge in [-0.05, 0) is 36.5 Å². The van der Waals surface area contributed by atoms with Gasteiger partial charge in [0.1, 0.15) is 18.7 Å². The van der Waals surface area contributed by atoms with Gasteiger partial charge < -0.3 is 21.1 Å². The summed E-state index contributed by atoms with van der Waals surface area (Å²) in [7, 11) is -3.67. The van der Waals surface area contributed by atoms with Gasteiger partial charge in [0.2, 0.25) is 11.8 Å². The van der Waals surface area contributed by atoms with Crippen LogP contribution in [0.3, 0.4) is 0 Å². The lowest BCUT2D eigenvalue weighted by Gasteiger charge is -2.23. The number of hydrogen-bond donors (Lipinski definition) is 3. The van der Waals surface area contributed by atoms with Crippen LogP contribution in [0.1, 0.15) is 32.3 Å². The highest BCUT2D eigenvalue weighted by atomic mass is 32.2. The number of carbonyl (C=O) groups excluding carboxylic acids is 3. The van der Waals surface area contributed by atoms with Crippen LogP contribution in [-0.4, -0.2) is 44.2 Å². The Morgan fingerprint density at radius 3 is 2.06 bits per heavy atom. The molecule has 0 bridgehead atoms. The molecular weight excluding hydrogens is 458 g/mol. The molecule has 0 aliphatic rings. The third-order valence-electron chi connectivity index (χ3n) is 4.97. The van der Waals surface area contributed by atoms with E-state index in [1.807, 2.05) is 32.0 Å². The van der Waals surface area contributed by atoms with Gasteiger partial charge in [-0.1, -0.05) is 62.4 Å². The van der Waals surface area contributed by atoms with Crippen molar-refractivity contribution in [1.29, 1.82) is 0 Å². The molecule has 0 saturated heterocycles. The summed E-state index contributed by atoms with van der Waals surface area (Å²) in [4.78, 5) is 37.2. The van der Waals surface area contributed by atoms with Crippen molar-refractivity contribution < 1.29 is 27.5 Å². The van der Waals surface area contributed by atoms with Crippen LogP contribution in [0.2, 0.25) is 0 Å². The summed E-state index contributed by atoms with van der Waals surface area (Å²) in [6.45, 7) is 3.77. The van der Waals surface area contributed by atoms with E-state index < -0.39 is 39.8 Å². The number of amides is 3. The Morgan fingerprint density at radius 1 is 0.912 bits per heavy atom. The van der Waals surface area contributed by atoms with Crippen LogP contribution in [0.5, 0.6) is 0 Å². The van der Waals surface area contributed by atoms with Crippen LogP contribution in [-0.2, 0) is 30.8 Å². The molecule has 0 saturated carbocycles. The van der Waals surface area contributed by atoms with E-state index in [0.717, 1.165) is 5.56 Å². The Labute approximate surface area is 200 Å². The molecule has 9 nitrogen and oxygen atoms in total. The maximum Gasteiger partial charge on any atom is 0.408 e. The Bertz CT molecular complexity index is 1060. The Balaban J connectivity index is 2.00. The molecule has 2 rings (SSSR count). The number of ether oxygens (including phenoxy) is 1. The lowest BCUT2D eigenvalue weighted by atomic mass is 10.0. The third kappa shape index (κ3) is 8.86. The van der Waals surface area contributed by atoms with Gasteiger partial charge in [-0.25, -0.2) is 13.2 Å². The molecule has 2 atom stereocenters. The summed E-state index contributed by atoms with van der Waals surface area (Å²) in [6.07, 6.45) is -0.711. The van der Waals surface area contributed by atoms with Crippen molar-refractivity contribution in [2.45, 2.75) is 50.3 Å². The van der Waals surface area contributed by atoms with Crippen molar-refractivity contribution in [3.63, 3.8) is 0 Å². The fraction of sp³-hybridized carbons (Fsp3) is 0.375. The fourth-order valence-corrected chi connectivity index (χ4v) is 4.54. The summed E-state index contributed by atoms with van der Waals surface area (Å²) >= 11 is 0. The van der Waals surface area contributed by atoms with Crippen LogP contribution in [0.4, 0.5) is 4.79 Å². The van der Waals surface area contributed by atoms with Crippen LogP contribution in [0.25, 0.3) is 0 Å². The predicted octanol–water partition coefficient (Wildman–Crippen LogP) is 2.16. The number of nitrogens with one attached hydrogen (secondary N) is 2. The van der Waals surface area contributed by atoms with Crippen molar-refractivity contribution in [2.75, 3.05) is 5.75 Å². The van der Waals surface area contributed by atoms with E-state index in [-0.39, 0.29) is 36.0 Å². The number of hydrogen-bond acceptors (Lipinski definition) is 6. The van der Waals surface area contributed by atoms with Gasteiger partial charge in [0.05, 0.1) is 10.6 Å². The minimum Gasteiger partial charge on any atom is -0.445 e. The van der Waals surface area contributed by atoms with Crippen LogP contribution >= 0.6 is 0 Å². The van der Waals surface area contributed by atoms with Gasteiger partial charge in [0.25, 0.3) is 0 Å². The van der Waals surface area contributed by atoms with Crippen molar-refractivity contribution >= 4 is 27.7 Å². The first kappa shape index (κ1) is 26.8. The van der Waals surface area contributed by atoms with Gasteiger partial charge in [-0.2, -0.15) is 0 Å².